The number of rotatable bonds is 4. The quantitative estimate of drug-likeness (QED) is 0.922. The van der Waals surface area contributed by atoms with Gasteiger partial charge in [-0.05, 0) is 25.3 Å². The monoisotopic (exact) mass is 296 g/mol. The van der Waals surface area contributed by atoms with E-state index in [0.29, 0.717) is 13.1 Å². The Kier molecular flexibility index (Phi) is 4.83. The Hall–Kier alpha value is -0.910. The molecule has 3 atom stereocenters. The van der Waals surface area contributed by atoms with Gasteiger partial charge in [-0.3, -0.25) is 0 Å². The molecule has 1 aliphatic heterocycles. The summed E-state index contributed by atoms with van der Waals surface area (Å²) in [6.45, 7) is 7.15. The number of hydrogen-bond acceptors (Lipinski definition) is 3. The van der Waals surface area contributed by atoms with Crippen molar-refractivity contribution in [3.63, 3.8) is 0 Å². The molecule has 1 N–H and O–H groups in total. The van der Waals surface area contributed by atoms with Gasteiger partial charge in [0.1, 0.15) is 0 Å². The van der Waals surface area contributed by atoms with Gasteiger partial charge < -0.3 is 5.32 Å². The first-order chi connectivity index (χ1) is 9.38. The molecule has 0 bridgehead atoms. The summed E-state index contributed by atoms with van der Waals surface area (Å²) in [5, 5.41) is 3.36. The van der Waals surface area contributed by atoms with E-state index >= 15 is 0 Å². The van der Waals surface area contributed by atoms with Crippen LogP contribution < -0.4 is 5.32 Å². The van der Waals surface area contributed by atoms with Crippen molar-refractivity contribution in [1.29, 1.82) is 0 Å². The lowest BCUT2D eigenvalue weighted by Crippen LogP contribution is -2.56. The highest BCUT2D eigenvalue weighted by molar-refractivity contribution is 7.89. The van der Waals surface area contributed by atoms with Crippen LogP contribution in [0.5, 0.6) is 0 Å². The molecule has 0 amide bonds. The predicted octanol–water partition coefficient (Wildman–Crippen LogP) is 1.80. The van der Waals surface area contributed by atoms with Gasteiger partial charge in [-0.1, -0.05) is 37.3 Å². The van der Waals surface area contributed by atoms with Crippen LogP contribution in [0.25, 0.3) is 0 Å². The second-order valence-corrected chi connectivity index (χ2v) is 7.89. The van der Waals surface area contributed by atoms with E-state index in [4.69, 9.17) is 0 Å². The average molecular weight is 296 g/mol. The van der Waals surface area contributed by atoms with Gasteiger partial charge in [-0.15, -0.1) is 0 Å². The molecule has 0 aromatic heterocycles. The Morgan fingerprint density at radius 2 is 1.75 bits per heavy atom. The van der Waals surface area contributed by atoms with Crippen LogP contribution in [0.1, 0.15) is 32.3 Å². The maximum Gasteiger partial charge on any atom is 0.214 e. The second-order valence-electron chi connectivity index (χ2n) is 5.88. The lowest BCUT2D eigenvalue weighted by molar-refractivity contribution is 0.262. The van der Waals surface area contributed by atoms with Crippen molar-refractivity contribution in [3.8, 4) is 0 Å². The van der Waals surface area contributed by atoms with Crippen LogP contribution in [0.2, 0.25) is 0 Å². The fraction of sp³-hybridized carbons (Fsp3) is 0.600. The summed E-state index contributed by atoms with van der Waals surface area (Å²) in [5.41, 5.74) is 1.08. The molecule has 3 unspecified atom stereocenters. The van der Waals surface area contributed by atoms with Crippen molar-refractivity contribution in [3.05, 3.63) is 35.9 Å². The Labute approximate surface area is 122 Å². The van der Waals surface area contributed by atoms with Crippen molar-refractivity contribution in [2.75, 3.05) is 18.8 Å². The Bertz CT molecular complexity index is 520. The zero-order valence-electron chi connectivity index (χ0n) is 12.4. The zero-order valence-corrected chi connectivity index (χ0v) is 13.2. The number of piperazine rings is 1. The van der Waals surface area contributed by atoms with E-state index in [1.807, 2.05) is 51.1 Å². The number of hydrogen-bond donors (Lipinski definition) is 1. The normalized spacial score (nSPS) is 26.4. The summed E-state index contributed by atoms with van der Waals surface area (Å²) in [6, 6.07) is 10.2. The first-order valence-corrected chi connectivity index (χ1v) is 8.78. The van der Waals surface area contributed by atoms with Gasteiger partial charge in [0.15, 0.2) is 0 Å². The molecule has 1 heterocycles. The molecule has 0 spiro atoms. The topological polar surface area (TPSA) is 49.4 Å². The van der Waals surface area contributed by atoms with Crippen molar-refractivity contribution >= 4 is 10.0 Å². The van der Waals surface area contributed by atoms with E-state index in [1.54, 1.807) is 4.31 Å². The van der Waals surface area contributed by atoms with Gasteiger partial charge in [0.25, 0.3) is 0 Å². The van der Waals surface area contributed by atoms with Crippen LogP contribution in [0.3, 0.4) is 0 Å². The molecule has 0 aliphatic carbocycles. The third kappa shape index (κ3) is 3.81. The first-order valence-electron chi connectivity index (χ1n) is 7.17. The molecule has 1 fully saturated rings. The van der Waals surface area contributed by atoms with Crippen molar-refractivity contribution in [1.82, 2.24) is 9.62 Å². The van der Waals surface area contributed by atoms with Gasteiger partial charge in [0.05, 0.1) is 5.75 Å². The molecule has 2 rings (SSSR count). The molecule has 0 radical (unpaired) electrons. The SMILES string of the molecule is CC1CN(S(=O)(=O)CC(C)c2ccccc2)CC(C)N1. The van der Waals surface area contributed by atoms with E-state index in [2.05, 4.69) is 5.32 Å². The molecular formula is C15H24N2O2S. The number of sulfonamides is 1. The number of benzene rings is 1. The van der Waals surface area contributed by atoms with Crippen molar-refractivity contribution < 1.29 is 8.42 Å². The van der Waals surface area contributed by atoms with Gasteiger partial charge >= 0.3 is 0 Å². The highest BCUT2D eigenvalue weighted by Crippen LogP contribution is 2.20. The Morgan fingerprint density at radius 1 is 1.20 bits per heavy atom. The Morgan fingerprint density at radius 3 is 2.30 bits per heavy atom. The van der Waals surface area contributed by atoms with E-state index in [1.165, 1.54) is 0 Å². The van der Waals surface area contributed by atoms with E-state index < -0.39 is 10.0 Å². The summed E-state index contributed by atoms with van der Waals surface area (Å²) in [4.78, 5) is 0. The van der Waals surface area contributed by atoms with Crippen LogP contribution in [-0.4, -0.2) is 43.6 Å². The molecule has 5 heteroatoms. The standard InChI is InChI=1S/C15H24N2O2S/c1-12(15-7-5-4-6-8-15)11-20(18,19)17-9-13(2)16-14(3)10-17/h4-8,12-14,16H,9-11H2,1-3H3. The maximum atomic E-state index is 12.6. The average Bonchev–Trinajstić information content (AvgIpc) is 2.38. The molecule has 1 aliphatic rings. The highest BCUT2D eigenvalue weighted by atomic mass is 32.2. The van der Waals surface area contributed by atoms with E-state index in [-0.39, 0.29) is 23.8 Å². The summed E-state index contributed by atoms with van der Waals surface area (Å²) < 4.78 is 26.8. The number of nitrogens with one attached hydrogen (secondary N) is 1. The van der Waals surface area contributed by atoms with Crippen LogP contribution in [0.15, 0.2) is 30.3 Å². The minimum Gasteiger partial charge on any atom is -0.309 e. The molecular weight excluding hydrogens is 272 g/mol. The van der Waals surface area contributed by atoms with Crippen molar-refractivity contribution in [2.24, 2.45) is 0 Å². The van der Waals surface area contributed by atoms with E-state index in [9.17, 15) is 8.42 Å². The fourth-order valence-corrected chi connectivity index (χ4v) is 4.74. The number of nitrogens with zero attached hydrogens (tertiary/aromatic N) is 1. The highest BCUT2D eigenvalue weighted by Gasteiger charge is 2.31. The Balaban J connectivity index is 2.07. The lowest BCUT2D eigenvalue weighted by atomic mass is 10.0. The minimum absolute atomic E-state index is 0.0155. The first kappa shape index (κ1) is 15.5. The van der Waals surface area contributed by atoms with Gasteiger partial charge in [-0.2, -0.15) is 4.31 Å². The lowest BCUT2D eigenvalue weighted by Gasteiger charge is -2.35. The third-order valence-corrected chi connectivity index (χ3v) is 5.75. The van der Waals surface area contributed by atoms with Gasteiger partial charge in [0, 0.05) is 25.2 Å². The molecule has 1 aromatic carbocycles. The summed E-state index contributed by atoms with van der Waals surface area (Å²) in [6.07, 6.45) is 0. The minimum atomic E-state index is -3.20. The van der Waals surface area contributed by atoms with Crippen LogP contribution >= 0.6 is 0 Å². The van der Waals surface area contributed by atoms with Gasteiger partial charge in [-0.25, -0.2) is 8.42 Å². The second kappa shape index (κ2) is 6.24. The maximum absolute atomic E-state index is 12.6. The molecule has 1 aromatic rings. The molecule has 0 saturated carbocycles. The summed E-state index contributed by atoms with van der Waals surface area (Å²) in [5.74, 6) is 0.192. The molecule has 1 saturated heterocycles. The van der Waals surface area contributed by atoms with Gasteiger partial charge in [0.2, 0.25) is 10.0 Å². The zero-order chi connectivity index (χ0) is 14.8. The third-order valence-electron chi connectivity index (χ3n) is 3.75. The smallest absolute Gasteiger partial charge is 0.214 e. The summed E-state index contributed by atoms with van der Waals surface area (Å²) in [7, 11) is -3.20. The molecule has 20 heavy (non-hydrogen) atoms. The largest absolute Gasteiger partial charge is 0.309 e. The fourth-order valence-electron chi connectivity index (χ4n) is 2.80. The van der Waals surface area contributed by atoms with Crippen LogP contribution in [0, 0.1) is 0 Å². The predicted molar refractivity (Wildman–Crippen MR) is 82.3 cm³/mol. The van der Waals surface area contributed by atoms with Crippen molar-refractivity contribution in [2.45, 2.75) is 38.8 Å². The van der Waals surface area contributed by atoms with E-state index in [0.717, 1.165) is 5.56 Å². The molecule has 4 nitrogen and oxygen atoms in total. The van der Waals surface area contributed by atoms with Crippen LogP contribution in [-0.2, 0) is 10.0 Å². The molecule has 112 valence electrons. The summed E-state index contributed by atoms with van der Waals surface area (Å²) >= 11 is 0. The van der Waals surface area contributed by atoms with Crippen LogP contribution in [0.4, 0.5) is 0 Å².